The molecule has 0 spiro atoms. The lowest BCUT2D eigenvalue weighted by atomic mass is 9.70. The number of piperazine rings is 1. The van der Waals surface area contributed by atoms with Gasteiger partial charge in [-0.3, -0.25) is 14.5 Å². The standard InChI is InChI=1S/C28H36F2N4O3.C11H21N/c1-6-19-12-22(28(31-16-35)34-15-17(3)33(14-18(34)4)24(36)7-2)26-27(37-11-10-32(26)5)25(19)21-9-8-20(29)13-23(21)30;1-2-3-6-12-8-10-4-5-11(7-10)9-12/h7-9,12-13,16-19,25-27H,2,6,10-11,14-15H2,1,3-5H3;10-11H,2-9H2,1H3/t17-,18+,19?,25?,26?,27?;/m1./s1. The number of fused-ring (bicyclic) bond motifs is 3. The van der Waals surface area contributed by atoms with Crippen molar-refractivity contribution in [1.82, 2.24) is 19.6 Å². The molecule has 2 amide bonds. The van der Waals surface area contributed by atoms with Gasteiger partial charge >= 0.3 is 0 Å². The summed E-state index contributed by atoms with van der Waals surface area (Å²) >= 11 is 0. The molecule has 1 saturated carbocycles. The van der Waals surface area contributed by atoms with Crippen molar-refractivity contribution in [3.8, 4) is 0 Å². The topological polar surface area (TPSA) is 68.7 Å². The summed E-state index contributed by atoms with van der Waals surface area (Å²) in [7, 11) is 1.99. The number of allylic oxidation sites excluding steroid dienone is 1. The van der Waals surface area contributed by atoms with E-state index in [1.54, 1.807) is 11.3 Å². The van der Waals surface area contributed by atoms with E-state index in [1.165, 1.54) is 63.5 Å². The minimum atomic E-state index is -0.614. The molecule has 270 valence electrons. The molecule has 2 bridgehead atoms. The maximum Gasteiger partial charge on any atom is 0.246 e. The molecule has 5 aliphatic rings. The fourth-order valence-corrected chi connectivity index (χ4v) is 9.05. The first-order valence-electron chi connectivity index (χ1n) is 18.5. The highest BCUT2D eigenvalue weighted by Crippen LogP contribution is 2.45. The van der Waals surface area contributed by atoms with E-state index in [4.69, 9.17) is 4.74 Å². The van der Waals surface area contributed by atoms with Crippen LogP contribution >= 0.6 is 0 Å². The number of piperidine rings is 1. The molecule has 6 rings (SSSR count). The van der Waals surface area contributed by atoms with Crippen molar-refractivity contribution in [2.24, 2.45) is 22.7 Å². The molecule has 0 radical (unpaired) electrons. The molecule has 4 fully saturated rings. The van der Waals surface area contributed by atoms with E-state index in [0.717, 1.165) is 23.5 Å². The Bertz CT molecular complexity index is 1370. The van der Waals surface area contributed by atoms with Crippen LogP contribution in [-0.2, 0) is 14.3 Å². The van der Waals surface area contributed by atoms with Crippen molar-refractivity contribution in [3.63, 3.8) is 0 Å². The average Bonchev–Trinajstić information content (AvgIpc) is 3.44. The molecule has 1 aromatic rings. The zero-order valence-corrected chi connectivity index (χ0v) is 30.2. The van der Waals surface area contributed by atoms with Crippen molar-refractivity contribution in [1.29, 1.82) is 0 Å². The van der Waals surface area contributed by atoms with Gasteiger partial charge < -0.3 is 19.4 Å². The smallest absolute Gasteiger partial charge is 0.246 e. The average molecular weight is 682 g/mol. The van der Waals surface area contributed by atoms with Crippen LogP contribution < -0.4 is 0 Å². The number of benzene rings is 1. The Morgan fingerprint density at radius 2 is 1.76 bits per heavy atom. The Hall–Kier alpha value is -2.95. The number of rotatable bonds is 8. The Labute approximate surface area is 292 Å². The third-order valence-corrected chi connectivity index (χ3v) is 11.5. The quantitative estimate of drug-likeness (QED) is 0.148. The number of morpholine rings is 1. The van der Waals surface area contributed by atoms with E-state index in [9.17, 15) is 14.0 Å². The molecule has 3 saturated heterocycles. The number of likely N-dealkylation sites (N-methyl/N-ethyl adjacent to an activating group) is 1. The number of unbranched alkanes of at least 4 members (excludes halogenated alkanes) is 1. The van der Waals surface area contributed by atoms with Gasteiger partial charge in [0.25, 0.3) is 0 Å². The number of amides is 2. The summed E-state index contributed by atoms with van der Waals surface area (Å²) in [5.41, 5.74) is 1.30. The molecule has 10 heteroatoms. The van der Waals surface area contributed by atoms with E-state index in [0.29, 0.717) is 50.5 Å². The highest BCUT2D eigenvalue weighted by Gasteiger charge is 2.48. The molecule has 3 heterocycles. The molecular formula is C39H57F2N5O3. The number of carbonyl (C=O) groups is 2. The Morgan fingerprint density at radius 3 is 2.39 bits per heavy atom. The van der Waals surface area contributed by atoms with Crippen LogP contribution in [0, 0.1) is 29.4 Å². The van der Waals surface area contributed by atoms with Crippen LogP contribution in [-0.4, -0.2) is 115 Å². The van der Waals surface area contributed by atoms with Gasteiger partial charge in [0.2, 0.25) is 12.3 Å². The number of likely N-dealkylation sites (tertiary alicyclic amines) is 1. The van der Waals surface area contributed by atoms with E-state index in [-0.39, 0.29) is 35.9 Å². The van der Waals surface area contributed by atoms with Crippen molar-refractivity contribution in [2.45, 2.75) is 96.4 Å². The molecule has 2 aliphatic carbocycles. The SMILES string of the molecule is C=CC(=O)N1C[C@H](C)N(C(=NC=O)C2=CC(CC)C(c3ccc(F)cc3F)C3OCCN(C)C23)C[C@H]1C.CCCCN1CC2CCC(C2)C1. The first-order chi connectivity index (χ1) is 23.6. The summed E-state index contributed by atoms with van der Waals surface area (Å²) in [6, 6.07) is 3.25. The van der Waals surface area contributed by atoms with Gasteiger partial charge in [0, 0.05) is 62.4 Å². The number of amidine groups is 1. The summed E-state index contributed by atoms with van der Waals surface area (Å²) in [5, 5.41) is 0. The molecule has 3 aliphatic heterocycles. The van der Waals surface area contributed by atoms with Crippen LogP contribution in [0.4, 0.5) is 8.78 Å². The van der Waals surface area contributed by atoms with Gasteiger partial charge in [-0.25, -0.2) is 8.78 Å². The molecule has 49 heavy (non-hydrogen) atoms. The van der Waals surface area contributed by atoms with Gasteiger partial charge in [0.05, 0.1) is 18.8 Å². The first kappa shape index (κ1) is 37.3. The van der Waals surface area contributed by atoms with E-state index < -0.39 is 17.7 Å². The first-order valence-corrected chi connectivity index (χ1v) is 18.5. The van der Waals surface area contributed by atoms with Crippen LogP contribution in [0.15, 0.2) is 47.5 Å². The van der Waals surface area contributed by atoms with Gasteiger partial charge in [-0.15, -0.1) is 0 Å². The van der Waals surface area contributed by atoms with Gasteiger partial charge in [0.15, 0.2) is 0 Å². The Balaban J connectivity index is 0.000000325. The molecule has 0 aromatic heterocycles. The fraction of sp³-hybridized carbons (Fsp3) is 0.667. The van der Waals surface area contributed by atoms with E-state index in [2.05, 4.69) is 39.3 Å². The second kappa shape index (κ2) is 16.8. The number of halogens is 2. The molecule has 8 atom stereocenters. The van der Waals surface area contributed by atoms with Crippen molar-refractivity contribution < 1.29 is 23.1 Å². The fourth-order valence-electron chi connectivity index (χ4n) is 9.05. The highest BCUT2D eigenvalue weighted by atomic mass is 19.1. The predicted octanol–water partition coefficient (Wildman–Crippen LogP) is 5.89. The third-order valence-electron chi connectivity index (χ3n) is 11.5. The van der Waals surface area contributed by atoms with E-state index in [1.807, 2.05) is 27.8 Å². The molecular weight excluding hydrogens is 624 g/mol. The summed E-state index contributed by atoms with van der Waals surface area (Å²) in [5.74, 6) is 0.944. The van der Waals surface area contributed by atoms with Crippen molar-refractivity contribution in [2.75, 3.05) is 52.9 Å². The summed E-state index contributed by atoms with van der Waals surface area (Å²) in [6.07, 6.45) is 11.6. The second-order valence-electron chi connectivity index (χ2n) is 14.9. The Kier molecular flexibility index (Phi) is 12.8. The summed E-state index contributed by atoms with van der Waals surface area (Å²) in [4.78, 5) is 37.2. The monoisotopic (exact) mass is 681 g/mol. The van der Waals surface area contributed by atoms with Crippen LogP contribution in [0.25, 0.3) is 0 Å². The lowest BCUT2D eigenvalue weighted by molar-refractivity contribution is -0.130. The number of nitrogens with zero attached hydrogens (tertiary/aromatic N) is 5. The molecule has 6 unspecified atom stereocenters. The van der Waals surface area contributed by atoms with Crippen molar-refractivity contribution in [3.05, 3.63) is 59.7 Å². The summed E-state index contributed by atoms with van der Waals surface area (Å²) < 4.78 is 35.1. The Morgan fingerprint density at radius 1 is 1.06 bits per heavy atom. The third kappa shape index (κ3) is 8.34. The number of ether oxygens (including phenoxy) is 1. The molecule has 1 aromatic carbocycles. The van der Waals surface area contributed by atoms with Crippen LogP contribution in [0.2, 0.25) is 0 Å². The highest BCUT2D eigenvalue weighted by molar-refractivity contribution is 6.03. The van der Waals surface area contributed by atoms with Crippen LogP contribution in [0.3, 0.4) is 0 Å². The number of hydrogen-bond donors (Lipinski definition) is 0. The largest absolute Gasteiger partial charge is 0.374 e. The zero-order valence-electron chi connectivity index (χ0n) is 30.2. The van der Waals surface area contributed by atoms with Crippen LogP contribution in [0.5, 0.6) is 0 Å². The van der Waals surface area contributed by atoms with Crippen LogP contribution in [0.1, 0.15) is 77.7 Å². The molecule has 8 nitrogen and oxygen atoms in total. The van der Waals surface area contributed by atoms with Gasteiger partial charge in [-0.1, -0.05) is 39.0 Å². The number of hydrogen-bond acceptors (Lipinski definition) is 5. The number of carbonyl (C=O) groups excluding carboxylic acids is 2. The van der Waals surface area contributed by atoms with E-state index >= 15 is 4.39 Å². The second-order valence-corrected chi connectivity index (χ2v) is 14.9. The minimum Gasteiger partial charge on any atom is -0.374 e. The van der Waals surface area contributed by atoms with Gasteiger partial charge in [0.1, 0.15) is 17.5 Å². The lowest BCUT2D eigenvalue weighted by Crippen LogP contribution is -2.62. The lowest BCUT2D eigenvalue weighted by Gasteiger charge is -2.51. The predicted molar refractivity (Wildman–Crippen MR) is 190 cm³/mol. The van der Waals surface area contributed by atoms with Gasteiger partial charge in [-0.2, -0.15) is 4.99 Å². The normalized spacial score (nSPS) is 32.1. The van der Waals surface area contributed by atoms with Crippen molar-refractivity contribution >= 4 is 18.2 Å². The minimum absolute atomic E-state index is 0.0969. The summed E-state index contributed by atoms with van der Waals surface area (Å²) in [6.45, 7) is 18.2. The maximum absolute atomic E-state index is 15.0. The zero-order chi connectivity index (χ0) is 35.2. The maximum atomic E-state index is 15.0. The van der Waals surface area contributed by atoms with Gasteiger partial charge in [-0.05, 0) is 95.0 Å². The molecule has 0 N–H and O–H groups in total. The number of aliphatic imine (C=N–C) groups is 1.